The Morgan fingerprint density at radius 2 is 1.82 bits per heavy atom. The van der Waals surface area contributed by atoms with Gasteiger partial charge in [0.05, 0.1) is 23.2 Å². The van der Waals surface area contributed by atoms with Crippen LogP contribution < -0.4 is 5.56 Å². The van der Waals surface area contributed by atoms with E-state index < -0.39 is 12.0 Å². The van der Waals surface area contributed by atoms with Crippen molar-refractivity contribution in [2.75, 3.05) is 6.54 Å². The molecule has 0 saturated heterocycles. The van der Waals surface area contributed by atoms with Crippen LogP contribution in [-0.4, -0.2) is 32.4 Å². The minimum atomic E-state index is -1.38. The number of amides is 1. The topological polar surface area (TPSA) is 86.3 Å². The minimum Gasteiger partial charge on any atom is -0.378 e. The second kappa shape index (κ2) is 9.70. The van der Waals surface area contributed by atoms with E-state index in [-0.39, 0.29) is 17.5 Å². The Hall–Kier alpha value is -3.45. The Morgan fingerprint density at radius 1 is 1.03 bits per heavy atom. The summed E-state index contributed by atoms with van der Waals surface area (Å²) < 4.78 is 0. The van der Waals surface area contributed by atoms with Gasteiger partial charge in [-0.05, 0) is 53.8 Å². The van der Waals surface area contributed by atoms with Crippen molar-refractivity contribution < 1.29 is 9.90 Å². The zero-order valence-electron chi connectivity index (χ0n) is 20.5. The van der Waals surface area contributed by atoms with Crippen LogP contribution in [0, 0.1) is 0 Å². The highest BCUT2D eigenvalue weighted by Crippen LogP contribution is 2.52. The van der Waals surface area contributed by atoms with E-state index in [4.69, 9.17) is 28.2 Å². The molecule has 6 nitrogen and oxygen atoms in total. The maximum Gasteiger partial charge on any atom is 0.256 e. The van der Waals surface area contributed by atoms with E-state index >= 15 is 0 Å². The lowest BCUT2D eigenvalue weighted by Crippen LogP contribution is -2.42. The van der Waals surface area contributed by atoms with E-state index in [1.807, 2.05) is 24.3 Å². The lowest BCUT2D eigenvalue weighted by molar-refractivity contribution is -0.141. The SMILES string of the molecule is O=C([C@H](O)c1cccc(-c2cc(Cl)ccc2Cl)c1)N1CCc2nc(C3(c4ccccc4)CC3)[nH]c(=O)c2C1. The number of benzene rings is 3. The van der Waals surface area contributed by atoms with Gasteiger partial charge in [-0.25, -0.2) is 4.98 Å². The molecular formula is C30H25Cl2N3O3. The van der Waals surface area contributed by atoms with E-state index in [1.54, 1.807) is 36.4 Å². The number of rotatable bonds is 5. The van der Waals surface area contributed by atoms with Gasteiger partial charge in [-0.2, -0.15) is 0 Å². The third kappa shape index (κ3) is 4.43. The van der Waals surface area contributed by atoms with Gasteiger partial charge in [-0.15, -0.1) is 0 Å². The average Bonchev–Trinajstić information content (AvgIpc) is 3.76. The summed E-state index contributed by atoms with van der Waals surface area (Å²) in [5.74, 6) is 0.236. The molecule has 0 bridgehead atoms. The first-order chi connectivity index (χ1) is 18.4. The molecule has 2 aliphatic rings. The predicted octanol–water partition coefficient (Wildman–Crippen LogP) is 5.44. The largest absolute Gasteiger partial charge is 0.378 e. The van der Waals surface area contributed by atoms with Crippen LogP contribution >= 0.6 is 23.2 Å². The maximum atomic E-state index is 13.3. The number of carbonyl (C=O) groups excluding carboxylic acids is 1. The number of H-pyrrole nitrogens is 1. The van der Waals surface area contributed by atoms with Crippen molar-refractivity contribution >= 4 is 29.1 Å². The summed E-state index contributed by atoms with van der Waals surface area (Å²) in [6.45, 7) is 0.475. The fourth-order valence-electron chi connectivity index (χ4n) is 5.29. The lowest BCUT2D eigenvalue weighted by atomic mass is 9.94. The first-order valence-corrected chi connectivity index (χ1v) is 13.3. The Morgan fingerprint density at radius 3 is 2.58 bits per heavy atom. The normalized spacial score (nSPS) is 16.6. The first kappa shape index (κ1) is 24.9. The van der Waals surface area contributed by atoms with Gasteiger partial charge in [0, 0.05) is 28.6 Å². The van der Waals surface area contributed by atoms with Crippen LogP contribution in [0.5, 0.6) is 0 Å². The fraction of sp³-hybridized carbons (Fsp3) is 0.233. The van der Waals surface area contributed by atoms with E-state index in [9.17, 15) is 14.7 Å². The summed E-state index contributed by atoms with van der Waals surface area (Å²) in [6, 6.07) is 22.3. The molecule has 192 valence electrons. The molecule has 2 N–H and O–H groups in total. The van der Waals surface area contributed by atoms with Crippen LogP contribution in [0.2, 0.25) is 10.0 Å². The number of hydrogen-bond donors (Lipinski definition) is 2. The molecule has 1 amide bonds. The molecule has 38 heavy (non-hydrogen) atoms. The summed E-state index contributed by atoms with van der Waals surface area (Å²) in [6.07, 6.45) is 0.950. The van der Waals surface area contributed by atoms with Crippen LogP contribution in [0.3, 0.4) is 0 Å². The smallest absolute Gasteiger partial charge is 0.256 e. The summed E-state index contributed by atoms with van der Waals surface area (Å²) in [5, 5.41) is 12.0. The van der Waals surface area contributed by atoms with Crippen LogP contribution in [0.1, 0.15) is 47.2 Å². The number of aliphatic hydroxyl groups is 1. The van der Waals surface area contributed by atoms with Crippen molar-refractivity contribution in [3.8, 4) is 11.1 Å². The number of hydrogen-bond acceptors (Lipinski definition) is 4. The van der Waals surface area contributed by atoms with Crippen molar-refractivity contribution in [3.63, 3.8) is 0 Å². The highest BCUT2D eigenvalue weighted by molar-refractivity contribution is 6.35. The quantitative estimate of drug-likeness (QED) is 0.349. The second-order valence-corrected chi connectivity index (χ2v) is 10.8. The molecule has 1 aliphatic heterocycles. The number of halogens is 2. The molecule has 0 unspecified atom stereocenters. The van der Waals surface area contributed by atoms with Gasteiger partial charge in [0.25, 0.3) is 11.5 Å². The van der Waals surface area contributed by atoms with Gasteiger partial charge in [-0.1, -0.05) is 71.7 Å². The zero-order chi connectivity index (χ0) is 26.4. The highest BCUT2D eigenvalue weighted by Gasteiger charge is 2.48. The molecule has 1 saturated carbocycles. The molecule has 1 aromatic heterocycles. The zero-order valence-corrected chi connectivity index (χ0v) is 22.0. The Balaban J connectivity index is 1.23. The van der Waals surface area contributed by atoms with Gasteiger partial charge in [-0.3, -0.25) is 9.59 Å². The van der Waals surface area contributed by atoms with Crippen molar-refractivity contribution in [1.82, 2.24) is 14.9 Å². The number of fused-ring (bicyclic) bond motifs is 1. The number of nitrogens with zero attached hydrogens (tertiary/aromatic N) is 2. The first-order valence-electron chi connectivity index (χ1n) is 12.6. The highest BCUT2D eigenvalue weighted by atomic mass is 35.5. The summed E-state index contributed by atoms with van der Waals surface area (Å²) >= 11 is 12.5. The number of carbonyl (C=O) groups is 1. The van der Waals surface area contributed by atoms with Crippen molar-refractivity contribution in [3.05, 3.63) is 121 Å². The molecule has 3 aromatic carbocycles. The Kier molecular flexibility index (Phi) is 6.34. The predicted molar refractivity (Wildman–Crippen MR) is 147 cm³/mol. The van der Waals surface area contributed by atoms with Crippen molar-refractivity contribution in [1.29, 1.82) is 0 Å². The van der Waals surface area contributed by atoms with Gasteiger partial charge >= 0.3 is 0 Å². The van der Waals surface area contributed by atoms with Gasteiger partial charge in [0.1, 0.15) is 5.82 Å². The molecule has 8 heteroatoms. The molecule has 4 aromatic rings. The number of aromatic amines is 1. The molecule has 1 atom stereocenters. The Bertz CT molecular complexity index is 1600. The molecule has 1 aliphatic carbocycles. The number of nitrogens with one attached hydrogen (secondary N) is 1. The molecule has 1 fully saturated rings. The molecule has 2 heterocycles. The third-order valence-corrected chi connectivity index (χ3v) is 8.15. The van der Waals surface area contributed by atoms with Crippen LogP contribution in [0.15, 0.2) is 77.6 Å². The summed E-state index contributed by atoms with van der Waals surface area (Å²) in [7, 11) is 0. The standard InChI is InChI=1S/C30H25Cl2N3O3/c31-21-9-10-24(32)22(16-21)18-5-4-6-19(15-18)26(36)28(38)35-14-11-25-23(17-35)27(37)34-29(33-25)30(12-13-30)20-7-2-1-3-8-20/h1-10,15-16,26,36H,11-14,17H2,(H,33,34,37)/t26-/m1/s1. The van der Waals surface area contributed by atoms with E-state index in [0.29, 0.717) is 45.5 Å². The van der Waals surface area contributed by atoms with Gasteiger partial charge < -0.3 is 15.0 Å². The molecule has 6 rings (SSSR count). The minimum absolute atomic E-state index is 0.103. The van der Waals surface area contributed by atoms with E-state index in [2.05, 4.69) is 17.1 Å². The Labute approximate surface area is 229 Å². The van der Waals surface area contributed by atoms with Crippen LogP contribution in [-0.2, 0) is 23.2 Å². The van der Waals surface area contributed by atoms with Crippen molar-refractivity contribution in [2.24, 2.45) is 0 Å². The molecular weight excluding hydrogens is 521 g/mol. The third-order valence-electron chi connectivity index (χ3n) is 7.59. The average molecular weight is 546 g/mol. The van der Waals surface area contributed by atoms with E-state index in [0.717, 1.165) is 29.7 Å². The van der Waals surface area contributed by atoms with E-state index in [1.165, 1.54) is 4.90 Å². The van der Waals surface area contributed by atoms with Crippen LogP contribution in [0.4, 0.5) is 0 Å². The monoisotopic (exact) mass is 545 g/mol. The fourth-order valence-corrected chi connectivity index (χ4v) is 5.69. The molecule has 0 radical (unpaired) electrons. The number of aliphatic hydroxyl groups excluding tert-OH is 1. The molecule has 0 spiro atoms. The number of aromatic nitrogens is 2. The van der Waals surface area contributed by atoms with Gasteiger partial charge in [0.2, 0.25) is 0 Å². The second-order valence-electron chi connectivity index (χ2n) is 9.95. The van der Waals surface area contributed by atoms with Gasteiger partial charge in [0.15, 0.2) is 6.10 Å². The lowest BCUT2D eigenvalue weighted by Gasteiger charge is -2.30. The van der Waals surface area contributed by atoms with Crippen molar-refractivity contribution in [2.45, 2.75) is 37.3 Å². The summed E-state index contributed by atoms with van der Waals surface area (Å²) in [4.78, 5) is 35.8. The summed E-state index contributed by atoms with van der Waals surface area (Å²) in [5.41, 5.74) is 3.78. The maximum absolute atomic E-state index is 13.3. The van der Waals surface area contributed by atoms with Crippen LogP contribution in [0.25, 0.3) is 11.1 Å².